The summed E-state index contributed by atoms with van der Waals surface area (Å²) in [5, 5.41) is 6.41. The lowest BCUT2D eigenvalue weighted by Crippen LogP contribution is -2.34. The van der Waals surface area contributed by atoms with Crippen molar-refractivity contribution in [2.24, 2.45) is 0 Å². The van der Waals surface area contributed by atoms with Crippen molar-refractivity contribution in [1.82, 2.24) is 20.6 Å². The van der Waals surface area contributed by atoms with E-state index in [0.717, 1.165) is 17.1 Å². The number of nitrogens with one attached hydrogen (secondary N) is 2. The molecule has 116 valence electrons. The van der Waals surface area contributed by atoms with Gasteiger partial charge in [-0.3, -0.25) is 14.6 Å². The molecule has 0 fully saturated rings. The number of thiazole rings is 1. The summed E-state index contributed by atoms with van der Waals surface area (Å²) in [6, 6.07) is 3.39. The fraction of sp³-hybridized carbons (Fsp3) is 0.333. The number of nitrogens with zero attached hydrogens (tertiary/aromatic N) is 2. The number of amides is 2. The van der Waals surface area contributed by atoms with Gasteiger partial charge in [0, 0.05) is 25.5 Å². The molecule has 2 heterocycles. The molecule has 0 unspecified atom stereocenters. The molecule has 2 N–H and O–H groups in total. The third-order valence-corrected chi connectivity index (χ3v) is 3.98. The molecule has 2 aromatic heterocycles. The molecular weight excluding hydrogens is 300 g/mol. The van der Waals surface area contributed by atoms with Crippen LogP contribution in [0.2, 0.25) is 0 Å². The topological polar surface area (TPSA) is 84.0 Å². The van der Waals surface area contributed by atoms with Crippen molar-refractivity contribution in [3.8, 4) is 0 Å². The lowest BCUT2D eigenvalue weighted by Gasteiger charge is -2.06. The van der Waals surface area contributed by atoms with Gasteiger partial charge < -0.3 is 10.6 Å². The quantitative estimate of drug-likeness (QED) is 0.792. The van der Waals surface area contributed by atoms with Gasteiger partial charge in [0.2, 0.25) is 0 Å². The predicted octanol–water partition coefficient (Wildman–Crippen LogP) is 1.57. The fourth-order valence-electron chi connectivity index (χ4n) is 1.92. The van der Waals surface area contributed by atoms with Gasteiger partial charge in [-0.15, -0.1) is 11.3 Å². The minimum atomic E-state index is -0.203. The minimum absolute atomic E-state index is 0.141. The molecule has 22 heavy (non-hydrogen) atoms. The summed E-state index contributed by atoms with van der Waals surface area (Å²) < 4.78 is 0. The molecule has 0 spiro atoms. The van der Waals surface area contributed by atoms with Crippen LogP contribution in [0.3, 0.4) is 0 Å². The lowest BCUT2D eigenvalue weighted by molar-refractivity contribution is 0.0929. The van der Waals surface area contributed by atoms with Crippen LogP contribution in [-0.4, -0.2) is 34.9 Å². The number of rotatable bonds is 6. The van der Waals surface area contributed by atoms with Crippen molar-refractivity contribution in [2.75, 3.05) is 13.1 Å². The highest BCUT2D eigenvalue weighted by atomic mass is 32.1. The molecule has 6 nitrogen and oxygen atoms in total. The van der Waals surface area contributed by atoms with Gasteiger partial charge in [-0.2, -0.15) is 0 Å². The predicted molar refractivity (Wildman–Crippen MR) is 85.1 cm³/mol. The van der Waals surface area contributed by atoms with Gasteiger partial charge in [0.25, 0.3) is 11.8 Å². The number of carbonyl (C=O) groups is 2. The molecule has 0 aliphatic rings. The van der Waals surface area contributed by atoms with Gasteiger partial charge >= 0.3 is 0 Å². The van der Waals surface area contributed by atoms with Crippen molar-refractivity contribution in [1.29, 1.82) is 0 Å². The van der Waals surface area contributed by atoms with Gasteiger partial charge in [-0.05, 0) is 25.5 Å². The van der Waals surface area contributed by atoms with Crippen LogP contribution in [0.25, 0.3) is 0 Å². The van der Waals surface area contributed by atoms with Crippen molar-refractivity contribution < 1.29 is 9.59 Å². The molecule has 0 aliphatic heterocycles. The highest BCUT2D eigenvalue weighted by molar-refractivity contribution is 7.13. The Bertz CT molecular complexity index is 655. The van der Waals surface area contributed by atoms with Crippen LogP contribution in [-0.2, 0) is 6.42 Å². The van der Waals surface area contributed by atoms with Crippen molar-refractivity contribution in [2.45, 2.75) is 20.3 Å². The van der Waals surface area contributed by atoms with E-state index in [1.165, 1.54) is 17.5 Å². The number of hydrogen-bond donors (Lipinski definition) is 2. The summed E-state index contributed by atoms with van der Waals surface area (Å²) in [4.78, 5) is 32.7. The summed E-state index contributed by atoms with van der Waals surface area (Å²) in [5.41, 5.74) is 1.32. The van der Waals surface area contributed by atoms with E-state index in [9.17, 15) is 9.59 Å². The van der Waals surface area contributed by atoms with Gasteiger partial charge in [0.1, 0.15) is 4.88 Å². The van der Waals surface area contributed by atoms with E-state index in [2.05, 4.69) is 20.6 Å². The second-order valence-electron chi connectivity index (χ2n) is 4.62. The molecule has 0 aliphatic carbocycles. The molecule has 7 heteroatoms. The summed E-state index contributed by atoms with van der Waals surface area (Å²) in [5.74, 6) is -0.344. The highest BCUT2D eigenvalue weighted by Gasteiger charge is 2.15. The third-order valence-electron chi connectivity index (χ3n) is 2.97. The molecule has 0 atom stereocenters. The van der Waals surface area contributed by atoms with Crippen molar-refractivity contribution in [3.05, 3.63) is 45.7 Å². The summed E-state index contributed by atoms with van der Waals surface area (Å²) in [6.07, 6.45) is 3.84. The maximum atomic E-state index is 12.1. The smallest absolute Gasteiger partial charge is 0.263 e. The molecule has 0 saturated heterocycles. The lowest BCUT2D eigenvalue weighted by atomic mass is 10.2. The Morgan fingerprint density at radius 3 is 2.59 bits per heavy atom. The van der Waals surface area contributed by atoms with Crippen LogP contribution < -0.4 is 10.6 Å². The zero-order chi connectivity index (χ0) is 15.9. The molecule has 0 saturated carbocycles. The molecule has 2 aromatic rings. The SMILES string of the molecule is CCc1nc(C)sc1C(=O)NCCNC(=O)c1cccnc1. The first-order chi connectivity index (χ1) is 10.6. The Labute approximate surface area is 133 Å². The van der Waals surface area contributed by atoms with E-state index >= 15 is 0 Å². The van der Waals surface area contributed by atoms with E-state index in [1.54, 1.807) is 18.3 Å². The van der Waals surface area contributed by atoms with Crippen molar-refractivity contribution >= 4 is 23.2 Å². The van der Waals surface area contributed by atoms with Gasteiger partial charge in [0.05, 0.1) is 16.3 Å². The first kappa shape index (κ1) is 16.1. The normalized spacial score (nSPS) is 10.3. The molecule has 0 radical (unpaired) electrons. The second-order valence-corrected chi connectivity index (χ2v) is 5.82. The Morgan fingerprint density at radius 2 is 1.95 bits per heavy atom. The number of aromatic nitrogens is 2. The van der Waals surface area contributed by atoms with E-state index < -0.39 is 0 Å². The maximum Gasteiger partial charge on any atom is 0.263 e. The fourth-order valence-corrected chi connectivity index (χ4v) is 2.84. The van der Waals surface area contributed by atoms with Gasteiger partial charge in [-0.1, -0.05) is 6.92 Å². The Morgan fingerprint density at radius 1 is 1.23 bits per heavy atom. The zero-order valence-corrected chi connectivity index (χ0v) is 13.4. The van der Waals surface area contributed by atoms with Gasteiger partial charge in [-0.25, -0.2) is 4.98 Å². The minimum Gasteiger partial charge on any atom is -0.350 e. The van der Waals surface area contributed by atoms with Gasteiger partial charge in [0.15, 0.2) is 0 Å². The average Bonchev–Trinajstić information content (AvgIpc) is 2.93. The second kappa shape index (κ2) is 7.65. The largest absolute Gasteiger partial charge is 0.350 e. The number of carbonyl (C=O) groups excluding carboxylic acids is 2. The molecule has 0 bridgehead atoms. The first-order valence-corrected chi connectivity index (χ1v) is 7.86. The molecule has 2 amide bonds. The Balaban J connectivity index is 1.79. The zero-order valence-electron chi connectivity index (χ0n) is 12.5. The van der Waals surface area contributed by atoms with E-state index in [1.807, 2.05) is 13.8 Å². The number of hydrogen-bond acceptors (Lipinski definition) is 5. The number of pyridine rings is 1. The molecule has 0 aromatic carbocycles. The van der Waals surface area contributed by atoms with Crippen LogP contribution in [0.15, 0.2) is 24.5 Å². The van der Waals surface area contributed by atoms with Crippen molar-refractivity contribution in [3.63, 3.8) is 0 Å². The highest BCUT2D eigenvalue weighted by Crippen LogP contribution is 2.18. The maximum absolute atomic E-state index is 12.1. The van der Waals surface area contributed by atoms with Crippen LogP contribution in [0.1, 0.15) is 37.7 Å². The average molecular weight is 318 g/mol. The summed E-state index contributed by atoms with van der Waals surface area (Å²) in [7, 11) is 0. The standard InChI is InChI=1S/C15H18N4O2S/c1-3-12-13(22-10(2)19-12)15(21)18-8-7-17-14(20)11-5-4-6-16-9-11/h4-6,9H,3,7-8H2,1-2H3,(H,17,20)(H,18,21). The van der Waals surface area contributed by atoms with E-state index in [0.29, 0.717) is 23.5 Å². The van der Waals surface area contributed by atoms with Crippen LogP contribution in [0, 0.1) is 6.92 Å². The number of aryl methyl sites for hydroxylation is 2. The summed E-state index contributed by atoms with van der Waals surface area (Å²) in [6.45, 7) is 4.58. The van der Waals surface area contributed by atoms with Crippen LogP contribution >= 0.6 is 11.3 Å². The third kappa shape index (κ3) is 4.11. The Hall–Kier alpha value is -2.28. The summed E-state index contributed by atoms with van der Waals surface area (Å²) >= 11 is 1.39. The van der Waals surface area contributed by atoms with E-state index in [-0.39, 0.29) is 11.8 Å². The monoisotopic (exact) mass is 318 g/mol. The van der Waals surface area contributed by atoms with E-state index in [4.69, 9.17) is 0 Å². The molecule has 2 rings (SSSR count). The Kier molecular flexibility index (Phi) is 5.60. The molecular formula is C15H18N4O2S. The van der Waals surface area contributed by atoms with Crippen LogP contribution in [0.5, 0.6) is 0 Å². The van der Waals surface area contributed by atoms with Crippen LogP contribution in [0.4, 0.5) is 0 Å². The first-order valence-electron chi connectivity index (χ1n) is 7.04.